The fourth-order valence-corrected chi connectivity index (χ4v) is 0.669. The number of carbonyl (C=O) groups excluding carboxylic acids is 1. The molecular weight excluding hydrogens is 130 g/mol. The van der Waals surface area contributed by atoms with Gasteiger partial charge in [-0.05, 0) is 12.1 Å². The summed E-state index contributed by atoms with van der Waals surface area (Å²) < 4.78 is 1.11. The van der Waals surface area contributed by atoms with Crippen LogP contribution in [0.3, 0.4) is 0 Å². The highest BCUT2D eigenvalue weighted by Crippen LogP contribution is 1.97. The predicted octanol–water partition coefficient (Wildman–Crippen LogP) is -0.0838. The van der Waals surface area contributed by atoms with E-state index in [-0.39, 0.29) is 5.69 Å². The van der Waals surface area contributed by atoms with Crippen molar-refractivity contribution < 1.29 is 4.79 Å². The Kier molecular flexibility index (Phi) is 1.42. The number of carbonyl (C=O) groups is 1. The van der Waals surface area contributed by atoms with Gasteiger partial charge in [-0.1, -0.05) is 0 Å². The van der Waals surface area contributed by atoms with E-state index in [4.69, 9.17) is 11.0 Å². The highest BCUT2D eigenvalue weighted by molar-refractivity contribution is 5.91. The Morgan fingerprint density at radius 3 is 2.90 bits per heavy atom. The van der Waals surface area contributed by atoms with E-state index < -0.39 is 5.91 Å². The van der Waals surface area contributed by atoms with Gasteiger partial charge in [-0.25, -0.2) is 4.57 Å². The molecule has 1 amide bonds. The van der Waals surface area contributed by atoms with E-state index in [0.717, 1.165) is 4.57 Å². The van der Waals surface area contributed by atoms with Gasteiger partial charge in [0, 0.05) is 6.20 Å². The molecule has 4 nitrogen and oxygen atoms in total. The lowest BCUT2D eigenvalue weighted by Gasteiger charge is -1.90. The van der Waals surface area contributed by atoms with Gasteiger partial charge in [0.25, 0.3) is 5.91 Å². The van der Waals surface area contributed by atoms with E-state index >= 15 is 0 Å². The van der Waals surface area contributed by atoms with Crippen molar-refractivity contribution in [3.8, 4) is 6.19 Å². The molecule has 0 aliphatic carbocycles. The second kappa shape index (κ2) is 2.23. The van der Waals surface area contributed by atoms with E-state index in [1.807, 2.05) is 0 Å². The number of primary amides is 1. The predicted molar refractivity (Wildman–Crippen MR) is 34.0 cm³/mol. The summed E-state index contributed by atoms with van der Waals surface area (Å²) in [5.74, 6) is -0.591. The molecule has 0 unspecified atom stereocenters. The zero-order chi connectivity index (χ0) is 7.56. The third kappa shape index (κ3) is 0.845. The lowest BCUT2D eigenvalue weighted by atomic mass is 10.4. The van der Waals surface area contributed by atoms with Gasteiger partial charge in [0.2, 0.25) is 0 Å². The number of hydrogen-bond acceptors (Lipinski definition) is 2. The molecule has 0 bridgehead atoms. The molecular formula is C6H5N3O. The minimum absolute atomic E-state index is 0.211. The van der Waals surface area contributed by atoms with E-state index in [2.05, 4.69) is 0 Å². The summed E-state index contributed by atoms with van der Waals surface area (Å²) in [6.07, 6.45) is 3.25. The topological polar surface area (TPSA) is 71.8 Å². The number of rotatable bonds is 1. The monoisotopic (exact) mass is 135 g/mol. The molecule has 0 spiro atoms. The van der Waals surface area contributed by atoms with E-state index in [1.54, 1.807) is 12.3 Å². The highest BCUT2D eigenvalue weighted by atomic mass is 16.1. The molecule has 0 atom stereocenters. The molecule has 50 valence electrons. The number of aromatic nitrogens is 1. The standard InChI is InChI=1S/C6H5N3O/c7-4-9-3-1-2-5(9)6(8)10/h1-3H,(H2,8,10). The van der Waals surface area contributed by atoms with Crippen LogP contribution in [0.2, 0.25) is 0 Å². The first-order valence-corrected chi connectivity index (χ1v) is 2.63. The Labute approximate surface area is 57.5 Å². The molecule has 4 heteroatoms. The maximum Gasteiger partial charge on any atom is 0.266 e. The second-order valence-electron chi connectivity index (χ2n) is 1.73. The first kappa shape index (κ1) is 6.36. The van der Waals surface area contributed by atoms with Crippen molar-refractivity contribution in [3.63, 3.8) is 0 Å². The van der Waals surface area contributed by atoms with Crippen LogP contribution in [0.1, 0.15) is 10.5 Å². The molecule has 2 N–H and O–H groups in total. The van der Waals surface area contributed by atoms with Crippen LogP contribution >= 0.6 is 0 Å². The third-order valence-corrected chi connectivity index (χ3v) is 1.11. The number of nitriles is 1. The SMILES string of the molecule is N#Cn1cccc1C(N)=O. The van der Waals surface area contributed by atoms with E-state index in [0.29, 0.717) is 0 Å². The van der Waals surface area contributed by atoms with Gasteiger partial charge in [-0.2, -0.15) is 5.26 Å². The fraction of sp³-hybridized carbons (Fsp3) is 0. The quantitative estimate of drug-likeness (QED) is 0.584. The van der Waals surface area contributed by atoms with Crippen LogP contribution in [0.15, 0.2) is 18.3 Å². The molecule has 0 fully saturated rings. The van der Waals surface area contributed by atoms with Crippen LogP contribution in [0.4, 0.5) is 0 Å². The lowest BCUT2D eigenvalue weighted by molar-refractivity contribution is 0.0994. The van der Waals surface area contributed by atoms with Crippen molar-refractivity contribution in [2.75, 3.05) is 0 Å². The highest BCUT2D eigenvalue weighted by Gasteiger charge is 2.03. The van der Waals surface area contributed by atoms with E-state index in [1.165, 1.54) is 12.3 Å². The van der Waals surface area contributed by atoms with Crippen molar-refractivity contribution in [2.45, 2.75) is 0 Å². The smallest absolute Gasteiger partial charge is 0.266 e. The molecule has 0 aliphatic rings. The van der Waals surface area contributed by atoms with Crippen molar-refractivity contribution in [2.24, 2.45) is 5.73 Å². The minimum Gasteiger partial charge on any atom is -0.364 e. The van der Waals surface area contributed by atoms with Crippen molar-refractivity contribution >= 4 is 5.91 Å². The van der Waals surface area contributed by atoms with Gasteiger partial charge in [0.05, 0.1) is 0 Å². The first-order chi connectivity index (χ1) is 4.75. The summed E-state index contributed by atoms with van der Waals surface area (Å²) in [6, 6.07) is 3.08. The van der Waals surface area contributed by atoms with Crippen LogP contribution in [0.25, 0.3) is 0 Å². The Hall–Kier alpha value is -1.76. The summed E-state index contributed by atoms with van der Waals surface area (Å²) in [6.45, 7) is 0. The molecule has 0 aromatic carbocycles. The Morgan fingerprint density at radius 2 is 2.50 bits per heavy atom. The molecule has 1 heterocycles. The van der Waals surface area contributed by atoms with Crippen LogP contribution in [-0.4, -0.2) is 10.5 Å². The molecule has 0 radical (unpaired) electrons. The van der Waals surface area contributed by atoms with Gasteiger partial charge in [0.15, 0.2) is 6.19 Å². The molecule has 1 aromatic heterocycles. The molecule has 10 heavy (non-hydrogen) atoms. The maximum absolute atomic E-state index is 10.5. The molecule has 1 rings (SSSR count). The normalized spacial score (nSPS) is 8.70. The Balaban J connectivity index is 3.17. The fourth-order valence-electron chi connectivity index (χ4n) is 0.669. The van der Waals surface area contributed by atoms with Crippen LogP contribution in [-0.2, 0) is 0 Å². The van der Waals surface area contributed by atoms with Gasteiger partial charge < -0.3 is 5.73 Å². The maximum atomic E-state index is 10.5. The average Bonchev–Trinajstić information content (AvgIpc) is 2.33. The zero-order valence-corrected chi connectivity index (χ0v) is 5.11. The number of nitrogens with two attached hydrogens (primary N) is 1. The van der Waals surface area contributed by atoms with Crippen molar-refractivity contribution in [1.82, 2.24) is 4.57 Å². The number of amides is 1. The van der Waals surface area contributed by atoms with Crippen molar-refractivity contribution in [1.29, 1.82) is 5.26 Å². The summed E-state index contributed by atoms with van der Waals surface area (Å²) in [4.78, 5) is 10.5. The lowest BCUT2D eigenvalue weighted by Crippen LogP contribution is -2.14. The summed E-state index contributed by atoms with van der Waals surface area (Å²) in [5.41, 5.74) is 5.13. The average molecular weight is 135 g/mol. The van der Waals surface area contributed by atoms with Gasteiger partial charge in [-0.15, -0.1) is 0 Å². The largest absolute Gasteiger partial charge is 0.364 e. The number of nitrogens with zero attached hydrogens (tertiary/aromatic N) is 2. The van der Waals surface area contributed by atoms with Gasteiger partial charge in [0.1, 0.15) is 5.69 Å². The number of hydrogen-bond donors (Lipinski definition) is 1. The Bertz CT molecular complexity index is 294. The minimum atomic E-state index is -0.591. The Morgan fingerprint density at radius 1 is 1.80 bits per heavy atom. The van der Waals surface area contributed by atoms with E-state index in [9.17, 15) is 4.79 Å². The molecule has 1 aromatic rings. The summed E-state index contributed by atoms with van der Waals surface area (Å²) in [7, 11) is 0. The van der Waals surface area contributed by atoms with Crippen LogP contribution in [0.5, 0.6) is 0 Å². The van der Waals surface area contributed by atoms with Crippen molar-refractivity contribution in [3.05, 3.63) is 24.0 Å². The molecule has 0 saturated carbocycles. The molecule has 0 aliphatic heterocycles. The van der Waals surface area contributed by atoms with Gasteiger partial charge in [-0.3, -0.25) is 4.79 Å². The summed E-state index contributed by atoms with van der Waals surface area (Å²) >= 11 is 0. The van der Waals surface area contributed by atoms with Crippen LogP contribution < -0.4 is 5.73 Å². The first-order valence-electron chi connectivity index (χ1n) is 2.63. The third-order valence-electron chi connectivity index (χ3n) is 1.11. The molecule has 0 saturated heterocycles. The second-order valence-corrected chi connectivity index (χ2v) is 1.73. The zero-order valence-electron chi connectivity index (χ0n) is 5.11. The summed E-state index contributed by atoms with van der Waals surface area (Å²) in [5, 5.41) is 8.36. The van der Waals surface area contributed by atoms with Gasteiger partial charge >= 0.3 is 0 Å². The van der Waals surface area contributed by atoms with Crippen LogP contribution in [0, 0.1) is 11.5 Å².